The number of carbonyl (C=O) groups excluding carboxylic acids is 2. The number of anilines is 1. The number of hydrogen-bond acceptors (Lipinski definition) is 4. The highest BCUT2D eigenvalue weighted by atomic mass is 127. The molecule has 7 nitrogen and oxygen atoms in total. The molecule has 3 rings (SSSR count). The van der Waals surface area contributed by atoms with Gasteiger partial charge in [0.1, 0.15) is 6.54 Å². The molecule has 132 valence electrons. The van der Waals surface area contributed by atoms with E-state index in [4.69, 9.17) is 5.73 Å². The van der Waals surface area contributed by atoms with Crippen LogP contribution in [0.25, 0.3) is 10.9 Å². The summed E-state index contributed by atoms with van der Waals surface area (Å²) >= 11 is 4.27. The van der Waals surface area contributed by atoms with Crippen LogP contribution in [0.4, 0.5) is 5.69 Å². The second-order valence-electron chi connectivity index (χ2n) is 5.45. The second kappa shape index (κ2) is 7.70. The molecule has 2 amide bonds. The lowest BCUT2D eigenvalue weighted by atomic mass is 10.2. The Morgan fingerprint density at radius 3 is 2.50 bits per heavy atom. The first-order valence-corrected chi connectivity index (χ1v) is 9.55. The number of amides is 2. The standard InChI is InChI=1S/C17H12I2N4O3/c18-10-5-12-15(13(19)6-10)21-8-23(17(12)26)7-14(24)22-11-3-1-9(2-4-11)16(20)25/h1-6,8H,7H2,(H2,20,25)(H,22,24). The zero-order chi connectivity index (χ0) is 18.8. The first-order chi connectivity index (χ1) is 12.3. The Balaban J connectivity index is 1.82. The van der Waals surface area contributed by atoms with Gasteiger partial charge in [-0.05, 0) is 81.6 Å². The van der Waals surface area contributed by atoms with Crippen molar-refractivity contribution in [1.82, 2.24) is 9.55 Å². The molecule has 0 aliphatic carbocycles. The van der Waals surface area contributed by atoms with Crippen LogP contribution in [0.1, 0.15) is 10.4 Å². The van der Waals surface area contributed by atoms with Crippen LogP contribution in [0.15, 0.2) is 47.5 Å². The summed E-state index contributed by atoms with van der Waals surface area (Å²) in [4.78, 5) is 40.2. The van der Waals surface area contributed by atoms with Crippen LogP contribution in [-0.4, -0.2) is 21.4 Å². The summed E-state index contributed by atoms with van der Waals surface area (Å²) in [6.07, 6.45) is 1.37. The number of fused-ring (bicyclic) bond motifs is 1. The van der Waals surface area contributed by atoms with Gasteiger partial charge in [-0.3, -0.25) is 19.0 Å². The van der Waals surface area contributed by atoms with E-state index in [1.54, 1.807) is 18.2 Å². The number of halogens is 2. The Hall–Kier alpha value is -2.02. The Morgan fingerprint density at radius 1 is 1.15 bits per heavy atom. The maximum Gasteiger partial charge on any atom is 0.261 e. The van der Waals surface area contributed by atoms with Gasteiger partial charge in [-0.25, -0.2) is 4.98 Å². The minimum absolute atomic E-state index is 0.165. The number of nitrogens with one attached hydrogen (secondary N) is 1. The molecule has 0 aliphatic heterocycles. The van der Waals surface area contributed by atoms with Crippen molar-refractivity contribution < 1.29 is 9.59 Å². The molecule has 0 radical (unpaired) electrons. The first kappa shape index (κ1) is 18.8. The van der Waals surface area contributed by atoms with Crippen LogP contribution in [0, 0.1) is 7.14 Å². The van der Waals surface area contributed by atoms with E-state index in [1.807, 2.05) is 6.07 Å². The third-order valence-corrected chi connectivity index (χ3v) is 5.06. The molecule has 0 saturated carbocycles. The van der Waals surface area contributed by atoms with Crippen LogP contribution in [0.2, 0.25) is 0 Å². The van der Waals surface area contributed by atoms with E-state index >= 15 is 0 Å². The largest absolute Gasteiger partial charge is 0.366 e. The fourth-order valence-corrected chi connectivity index (χ4v) is 4.36. The summed E-state index contributed by atoms with van der Waals surface area (Å²) in [5.41, 5.74) is 6.38. The van der Waals surface area contributed by atoms with Gasteiger partial charge in [0, 0.05) is 18.4 Å². The predicted molar refractivity (Wildman–Crippen MR) is 115 cm³/mol. The molecule has 0 atom stereocenters. The van der Waals surface area contributed by atoms with E-state index in [2.05, 4.69) is 55.5 Å². The Bertz CT molecular complexity index is 1080. The summed E-state index contributed by atoms with van der Waals surface area (Å²) in [6, 6.07) is 9.87. The molecular weight excluding hydrogens is 562 g/mol. The average Bonchev–Trinajstić information content (AvgIpc) is 2.58. The van der Waals surface area contributed by atoms with Crippen molar-refractivity contribution in [3.05, 3.63) is 65.8 Å². The first-order valence-electron chi connectivity index (χ1n) is 7.39. The maximum atomic E-state index is 12.6. The number of aromatic nitrogens is 2. The molecule has 26 heavy (non-hydrogen) atoms. The van der Waals surface area contributed by atoms with Crippen molar-refractivity contribution in [3.63, 3.8) is 0 Å². The van der Waals surface area contributed by atoms with Crippen molar-refractivity contribution in [3.8, 4) is 0 Å². The monoisotopic (exact) mass is 574 g/mol. The van der Waals surface area contributed by atoms with Crippen LogP contribution >= 0.6 is 45.2 Å². The van der Waals surface area contributed by atoms with Crippen molar-refractivity contribution in [2.24, 2.45) is 5.73 Å². The SMILES string of the molecule is NC(=O)c1ccc(NC(=O)Cn2cnc3c(I)cc(I)cc3c2=O)cc1. The Labute approximate surface area is 175 Å². The molecule has 1 aromatic heterocycles. The van der Waals surface area contributed by atoms with Gasteiger partial charge in [0.25, 0.3) is 5.56 Å². The Morgan fingerprint density at radius 2 is 1.85 bits per heavy atom. The third-order valence-electron chi connectivity index (χ3n) is 3.61. The minimum atomic E-state index is -0.541. The van der Waals surface area contributed by atoms with Crippen molar-refractivity contribution >= 4 is 73.6 Å². The fraction of sp³-hybridized carbons (Fsp3) is 0.0588. The van der Waals surface area contributed by atoms with E-state index < -0.39 is 5.91 Å². The third kappa shape index (κ3) is 4.03. The van der Waals surface area contributed by atoms with Crippen LogP contribution in [-0.2, 0) is 11.3 Å². The second-order valence-corrected chi connectivity index (χ2v) is 7.86. The molecule has 0 spiro atoms. The van der Waals surface area contributed by atoms with E-state index in [0.29, 0.717) is 22.2 Å². The summed E-state index contributed by atoms with van der Waals surface area (Å²) in [7, 11) is 0. The van der Waals surface area contributed by atoms with E-state index in [9.17, 15) is 14.4 Å². The summed E-state index contributed by atoms with van der Waals surface area (Å²) in [5.74, 6) is -0.915. The highest BCUT2D eigenvalue weighted by Crippen LogP contribution is 2.19. The van der Waals surface area contributed by atoms with Crippen molar-refractivity contribution in [2.45, 2.75) is 6.54 Å². The molecule has 9 heteroatoms. The van der Waals surface area contributed by atoms with Crippen LogP contribution in [0.3, 0.4) is 0 Å². The zero-order valence-corrected chi connectivity index (χ0v) is 17.5. The molecule has 1 heterocycles. The number of benzene rings is 2. The fourth-order valence-electron chi connectivity index (χ4n) is 2.38. The smallest absolute Gasteiger partial charge is 0.261 e. The molecule has 0 unspecified atom stereocenters. The van der Waals surface area contributed by atoms with E-state index in [-0.39, 0.29) is 18.0 Å². The molecule has 3 aromatic rings. The normalized spacial score (nSPS) is 10.7. The van der Waals surface area contributed by atoms with Gasteiger partial charge in [0.15, 0.2) is 0 Å². The number of nitrogens with two attached hydrogens (primary N) is 1. The number of nitrogens with zero attached hydrogens (tertiary/aromatic N) is 2. The van der Waals surface area contributed by atoms with Gasteiger partial charge in [-0.2, -0.15) is 0 Å². The number of primary amides is 1. The number of carbonyl (C=O) groups is 2. The molecule has 0 fully saturated rings. The number of rotatable bonds is 4. The van der Waals surface area contributed by atoms with Gasteiger partial charge in [-0.15, -0.1) is 0 Å². The maximum absolute atomic E-state index is 12.6. The predicted octanol–water partition coefficient (Wildman–Crippen LogP) is 2.34. The molecular formula is C17H12I2N4O3. The Kier molecular flexibility index (Phi) is 5.55. The van der Waals surface area contributed by atoms with Gasteiger partial charge in [0.05, 0.1) is 17.2 Å². The van der Waals surface area contributed by atoms with Crippen LogP contribution < -0.4 is 16.6 Å². The minimum Gasteiger partial charge on any atom is -0.366 e. The van der Waals surface area contributed by atoms with E-state index in [0.717, 1.165) is 7.14 Å². The lowest BCUT2D eigenvalue weighted by Crippen LogP contribution is -2.28. The topological polar surface area (TPSA) is 107 Å². The van der Waals surface area contributed by atoms with E-state index in [1.165, 1.54) is 23.0 Å². The highest BCUT2D eigenvalue weighted by Gasteiger charge is 2.11. The lowest BCUT2D eigenvalue weighted by molar-refractivity contribution is -0.116. The van der Waals surface area contributed by atoms with Crippen molar-refractivity contribution in [1.29, 1.82) is 0 Å². The summed E-state index contributed by atoms with van der Waals surface area (Å²) in [5, 5.41) is 3.15. The van der Waals surface area contributed by atoms with Gasteiger partial charge in [-0.1, -0.05) is 0 Å². The van der Waals surface area contributed by atoms with Gasteiger partial charge >= 0.3 is 0 Å². The molecule has 0 bridgehead atoms. The molecule has 3 N–H and O–H groups in total. The zero-order valence-electron chi connectivity index (χ0n) is 13.2. The quantitative estimate of drug-likeness (QED) is 0.467. The average molecular weight is 574 g/mol. The molecule has 0 saturated heterocycles. The van der Waals surface area contributed by atoms with Gasteiger partial charge < -0.3 is 11.1 Å². The summed E-state index contributed by atoms with van der Waals surface area (Å²) in [6.45, 7) is -0.165. The van der Waals surface area contributed by atoms with Crippen molar-refractivity contribution in [2.75, 3.05) is 5.32 Å². The number of hydrogen-bond donors (Lipinski definition) is 2. The molecule has 2 aromatic carbocycles. The molecule has 0 aliphatic rings. The highest BCUT2D eigenvalue weighted by molar-refractivity contribution is 14.1. The lowest BCUT2D eigenvalue weighted by Gasteiger charge is -2.09. The van der Waals surface area contributed by atoms with Crippen LogP contribution in [0.5, 0.6) is 0 Å². The summed E-state index contributed by atoms with van der Waals surface area (Å²) < 4.78 is 3.07. The van der Waals surface area contributed by atoms with Gasteiger partial charge in [0.2, 0.25) is 11.8 Å².